The van der Waals surface area contributed by atoms with Gasteiger partial charge in [0.05, 0.1) is 23.3 Å². The first-order valence-electron chi connectivity index (χ1n) is 9.74. The Balaban J connectivity index is 1.34. The molecule has 2 fully saturated rings. The number of aromatic nitrogens is 1. The quantitative estimate of drug-likeness (QED) is 0.765. The SMILES string of the molecule is CC1CN(C(=O)C2CCN(C(=O)c3cnc(-c4cccs4)s3)CC2)CC(C)O1. The summed E-state index contributed by atoms with van der Waals surface area (Å²) in [6.45, 7) is 6.59. The molecule has 0 aliphatic carbocycles. The summed E-state index contributed by atoms with van der Waals surface area (Å²) < 4.78 is 5.73. The van der Waals surface area contributed by atoms with Crippen LogP contribution < -0.4 is 0 Å². The van der Waals surface area contributed by atoms with Crippen molar-refractivity contribution in [2.24, 2.45) is 5.92 Å². The number of carbonyl (C=O) groups is 2. The van der Waals surface area contributed by atoms with E-state index in [4.69, 9.17) is 4.74 Å². The zero-order chi connectivity index (χ0) is 19.7. The Kier molecular flexibility index (Phi) is 5.80. The Hall–Kier alpha value is -1.77. The van der Waals surface area contributed by atoms with E-state index in [1.54, 1.807) is 17.5 Å². The normalized spacial score (nSPS) is 23.8. The number of hydrogen-bond donors (Lipinski definition) is 0. The van der Waals surface area contributed by atoms with Crippen molar-refractivity contribution in [1.82, 2.24) is 14.8 Å². The van der Waals surface area contributed by atoms with E-state index in [-0.39, 0.29) is 29.9 Å². The van der Waals surface area contributed by atoms with Crippen molar-refractivity contribution in [2.45, 2.75) is 38.9 Å². The summed E-state index contributed by atoms with van der Waals surface area (Å²) in [6.07, 6.45) is 3.29. The molecule has 0 radical (unpaired) electrons. The van der Waals surface area contributed by atoms with E-state index in [2.05, 4.69) is 4.98 Å². The largest absolute Gasteiger partial charge is 0.372 e. The Labute approximate surface area is 173 Å². The van der Waals surface area contributed by atoms with E-state index < -0.39 is 0 Å². The fourth-order valence-corrected chi connectivity index (χ4v) is 5.68. The fraction of sp³-hybridized carbons (Fsp3) is 0.550. The van der Waals surface area contributed by atoms with Gasteiger partial charge in [-0.15, -0.1) is 22.7 Å². The molecule has 150 valence electrons. The molecule has 28 heavy (non-hydrogen) atoms. The van der Waals surface area contributed by atoms with E-state index in [0.717, 1.165) is 22.7 Å². The Morgan fingerprint density at radius 1 is 1.14 bits per heavy atom. The van der Waals surface area contributed by atoms with Gasteiger partial charge in [0.2, 0.25) is 5.91 Å². The molecule has 0 bridgehead atoms. The van der Waals surface area contributed by atoms with Crippen LogP contribution in [0.25, 0.3) is 9.88 Å². The molecule has 0 saturated carbocycles. The van der Waals surface area contributed by atoms with Gasteiger partial charge in [-0.1, -0.05) is 6.07 Å². The first kappa shape index (κ1) is 19.5. The van der Waals surface area contributed by atoms with Crippen molar-refractivity contribution in [3.63, 3.8) is 0 Å². The van der Waals surface area contributed by atoms with Crippen molar-refractivity contribution in [3.05, 3.63) is 28.6 Å². The molecule has 4 heterocycles. The second-order valence-corrected chi connectivity index (χ2v) is 9.55. The lowest BCUT2D eigenvalue weighted by Crippen LogP contribution is -2.51. The van der Waals surface area contributed by atoms with Crippen LogP contribution in [0.2, 0.25) is 0 Å². The van der Waals surface area contributed by atoms with Crippen molar-refractivity contribution < 1.29 is 14.3 Å². The van der Waals surface area contributed by atoms with Crippen LogP contribution in [0.3, 0.4) is 0 Å². The number of likely N-dealkylation sites (tertiary alicyclic amines) is 1. The van der Waals surface area contributed by atoms with E-state index in [1.807, 2.05) is 41.2 Å². The predicted molar refractivity (Wildman–Crippen MR) is 111 cm³/mol. The van der Waals surface area contributed by atoms with Crippen molar-refractivity contribution >= 4 is 34.5 Å². The molecule has 4 rings (SSSR count). The fourth-order valence-electron chi connectivity index (χ4n) is 3.99. The second-order valence-electron chi connectivity index (χ2n) is 7.57. The molecule has 2 aromatic rings. The summed E-state index contributed by atoms with van der Waals surface area (Å²) >= 11 is 3.07. The zero-order valence-corrected chi connectivity index (χ0v) is 17.8. The van der Waals surface area contributed by atoms with Gasteiger partial charge in [-0.3, -0.25) is 9.59 Å². The third kappa shape index (κ3) is 4.14. The van der Waals surface area contributed by atoms with Crippen LogP contribution in [-0.2, 0) is 9.53 Å². The monoisotopic (exact) mass is 419 g/mol. The summed E-state index contributed by atoms with van der Waals surface area (Å²) in [6, 6.07) is 4.00. The number of nitrogens with zero attached hydrogens (tertiary/aromatic N) is 3. The predicted octanol–water partition coefficient (Wildman–Crippen LogP) is 3.36. The lowest BCUT2D eigenvalue weighted by Gasteiger charge is -2.39. The molecule has 2 aliphatic heterocycles. The lowest BCUT2D eigenvalue weighted by molar-refractivity contribution is -0.148. The van der Waals surface area contributed by atoms with E-state index in [9.17, 15) is 9.59 Å². The van der Waals surface area contributed by atoms with Crippen LogP contribution in [0.1, 0.15) is 36.4 Å². The third-order valence-corrected chi connectivity index (χ3v) is 7.34. The number of piperidine rings is 1. The molecule has 0 spiro atoms. The summed E-state index contributed by atoms with van der Waals surface area (Å²) in [5.74, 6) is 0.247. The number of thiophene rings is 1. The van der Waals surface area contributed by atoms with E-state index in [0.29, 0.717) is 31.1 Å². The van der Waals surface area contributed by atoms with Gasteiger partial charge >= 0.3 is 0 Å². The molecular formula is C20H25N3O3S2. The molecule has 2 amide bonds. The number of hydrogen-bond acceptors (Lipinski definition) is 6. The van der Waals surface area contributed by atoms with Gasteiger partial charge in [-0.05, 0) is 38.1 Å². The van der Waals surface area contributed by atoms with Crippen LogP contribution in [0.5, 0.6) is 0 Å². The highest BCUT2D eigenvalue weighted by atomic mass is 32.1. The maximum atomic E-state index is 12.9. The first-order valence-corrected chi connectivity index (χ1v) is 11.4. The number of ether oxygens (including phenoxy) is 1. The summed E-state index contributed by atoms with van der Waals surface area (Å²) in [4.78, 5) is 35.7. The standard InChI is InChI=1S/C20H25N3O3S2/c1-13-11-23(12-14(2)26-13)19(24)15-5-7-22(8-6-15)20(25)17-10-21-18(28-17)16-4-3-9-27-16/h3-4,9-10,13-15H,5-8,11-12H2,1-2H3. The molecule has 2 atom stereocenters. The van der Waals surface area contributed by atoms with Gasteiger partial charge in [-0.2, -0.15) is 0 Å². The molecule has 2 unspecified atom stereocenters. The average molecular weight is 420 g/mol. The van der Waals surface area contributed by atoms with Crippen LogP contribution >= 0.6 is 22.7 Å². The molecule has 8 heteroatoms. The average Bonchev–Trinajstić information content (AvgIpc) is 3.38. The summed E-state index contributed by atoms with van der Waals surface area (Å²) in [5.41, 5.74) is 0. The number of rotatable bonds is 3. The smallest absolute Gasteiger partial charge is 0.265 e. The highest BCUT2D eigenvalue weighted by Gasteiger charge is 2.34. The molecule has 6 nitrogen and oxygen atoms in total. The van der Waals surface area contributed by atoms with Crippen LogP contribution in [0, 0.1) is 5.92 Å². The van der Waals surface area contributed by atoms with Crippen molar-refractivity contribution in [2.75, 3.05) is 26.2 Å². The number of morpholine rings is 1. The maximum absolute atomic E-state index is 12.9. The molecule has 2 aromatic heterocycles. The van der Waals surface area contributed by atoms with Crippen molar-refractivity contribution in [1.29, 1.82) is 0 Å². The molecule has 2 aliphatic rings. The van der Waals surface area contributed by atoms with Gasteiger partial charge in [-0.25, -0.2) is 4.98 Å². The van der Waals surface area contributed by atoms with Gasteiger partial charge in [0, 0.05) is 32.1 Å². The number of amides is 2. The molecular weight excluding hydrogens is 394 g/mol. The van der Waals surface area contributed by atoms with Gasteiger partial charge in [0.25, 0.3) is 5.91 Å². The summed E-state index contributed by atoms with van der Waals surface area (Å²) in [7, 11) is 0. The van der Waals surface area contributed by atoms with Crippen LogP contribution in [0.4, 0.5) is 0 Å². The highest BCUT2D eigenvalue weighted by Crippen LogP contribution is 2.30. The minimum atomic E-state index is 0.00434. The second kappa shape index (κ2) is 8.31. The minimum absolute atomic E-state index is 0.00434. The van der Waals surface area contributed by atoms with Crippen LogP contribution in [-0.4, -0.2) is 65.0 Å². The molecule has 0 aromatic carbocycles. The van der Waals surface area contributed by atoms with Gasteiger partial charge in [0.1, 0.15) is 9.88 Å². The van der Waals surface area contributed by atoms with E-state index in [1.165, 1.54) is 11.3 Å². The van der Waals surface area contributed by atoms with E-state index >= 15 is 0 Å². The minimum Gasteiger partial charge on any atom is -0.372 e. The van der Waals surface area contributed by atoms with Gasteiger partial charge < -0.3 is 14.5 Å². The van der Waals surface area contributed by atoms with Gasteiger partial charge in [0.15, 0.2) is 0 Å². The Bertz CT molecular complexity index is 818. The Morgan fingerprint density at radius 3 is 2.50 bits per heavy atom. The number of thiazole rings is 1. The topological polar surface area (TPSA) is 62.7 Å². The lowest BCUT2D eigenvalue weighted by atomic mass is 9.94. The first-order chi connectivity index (χ1) is 13.5. The summed E-state index contributed by atoms with van der Waals surface area (Å²) in [5, 5.41) is 2.90. The third-order valence-electron chi connectivity index (χ3n) is 5.31. The molecule has 0 N–H and O–H groups in total. The molecule has 2 saturated heterocycles. The Morgan fingerprint density at radius 2 is 1.86 bits per heavy atom. The maximum Gasteiger partial charge on any atom is 0.265 e. The van der Waals surface area contributed by atoms with Crippen molar-refractivity contribution in [3.8, 4) is 9.88 Å². The zero-order valence-electron chi connectivity index (χ0n) is 16.2. The highest BCUT2D eigenvalue weighted by molar-refractivity contribution is 7.21. The van der Waals surface area contributed by atoms with Crippen LogP contribution in [0.15, 0.2) is 23.7 Å². The number of carbonyl (C=O) groups excluding carboxylic acids is 2.